The SMILES string of the molecule is CN(C[C@H](O)CNC(C)(C)CCCc1ccccc1F)S(=O)(=O)c1cc(F)cc(CCCC(=O)O)c1. The molecule has 0 spiro atoms. The van der Waals surface area contributed by atoms with Crippen LogP contribution in [0.4, 0.5) is 8.78 Å². The molecule has 0 aliphatic rings. The normalized spacial score (nSPS) is 13.2. The van der Waals surface area contributed by atoms with Crippen LogP contribution in [0.1, 0.15) is 50.7 Å². The third-order valence-corrected chi connectivity index (χ3v) is 7.79. The number of sulfonamides is 1. The van der Waals surface area contributed by atoms with E-state index in [4.69, 9.17) is 5.11 Å². The Morgan fingerprint density at radius 1 is 1.11 bits per heavy atom. The van der Waals surface area contributed by atoms with Gasteiger partial charge in [-0.25, -0.2) is 17.2 Å². The van der Waals surface area contributed by atoms with Gasteiger partial charge in [-0.3, -0.25) is 4.79 Å². The van der Waals surface area contributed by atoms with E-state index >= 15 is 0 Å². The second-order valence-corrected chi connectivity index (χ2v) is 11.7. The summed E-state index contributed by atoms with van der Waals surface area (Å²) in [6.07, 6.45) is 1.42. The molecule has 3 N–H and O–H groups in total. The van der Waals surface area contributed by atoms with E-state index in [1.165, 1.54) is 25.2 Å². The van der Waals surface area contributed by atoms with Gasteiger partial charge in [0.1, 0.15) is 11.6 Å². The fourth-order valence-corrected chi connectivity index (χ4v) is 5.19. The van der Waals surface area contributed by atoms with E-state index < -0.39 is 27.9 Å². The van der Waals surface area contributed by atoms with Crippen molar-refractivity contribution in [1.29, 1.82) is 0 Å². The summed E-state index contributed by atoms with van der Waals surface area (Å²) in [6, 6.07) is 10.1. The third kappa shape index (κ3) is 9.57. The maximum Gasteiger partial charge on any atom is 0.303 e. The summed E-state index contributed by atoms with van der Waals surface area (Å²) < 4.78 is 54.8. The molecule has 0 heterocycles. The summed E-state index contributed by atoms with van der Waals surface area (Å²) in [7, 11) is -2.76. The predicted octanol–water partition coefficient (Wildman–Crippen LogP) is 3.74. The van der Waals surface area contributed by atoms with Crippen molar-refractivity contribution >= 4 is 16.0 Å². The molecule has 0 aliphatic carbocycles. The first-order valence-corrected chi connectivity index (χ1v) is 13.4. The van der Waals surface area contributed by atoms with Crippen LogP contribution in [0.5, 0.6) is 0 Å². The molecule has 0 bridgehead atoms. The van der Waals surface area contributed by atoms with Crippen molar-refractivity contribution < 1.29 is 32.2 Å². The molecule has 0 radical (unpaired) electrons. The molecule has 0 unspecified atom stereocenters. The fourth-order valence-electron chi connectivity index (χ4n) is 3.90. The van der Waals surface area contributed by atoms with Gasteiger partial charge < -0.3 is 15.5 Å². The number of β-amino-alcohol motifs (C(OH)–C–C–N with tert-alkyl or cyclic N) is 1. The zero-order chi connectivity index (χ0) is 26.9. The summed E-state index contributed by atoms with van der Waals surface area (Å²) in [4.78, 5) is 10.4. The fraction of sp³-hybridized carbons (Fsp3) is 0.500. The minimum atomic E-state index is -4.07. The number of nitrogens with one attached hydrogen (secondary N) is 1. The van der Waals surface area contributed by atoms with Crippen molar-refractivity contribution in [1.82, 2.24) is 9.62 Å². The molecule has 0 aromatic heterocycles. The summed E-state index contributed by atoms with van der Waals surface area (Å²) in [6.45, 7) is 3.85. The molecule has 200 valence electrons. The molecule has 10 heteroatoms. The molecule has 1 atom stereocenters. The number of carbonyl (C=O) groups is 1. The molecule has 2 rings (SSSR count). The molecule has 0 fully saturated rings. The van der Waals surface area contributed by atoms with Crippen LogP contribution in [0.3, 0.4) is 0 Å². The zero-order valence-corrected chi connectivity index (χ0v) is 21.8. The Morgan fingerprint density at radius 3 is 2.47 bits per heavy atom. The number of hydrogen-bond donors (Lipinski definition) is 3. The maximum atomic E-state index is 14.1. The number of rotatable bonds is 15. The topological polar surface area (TPSA) is 107 Å². The third-order valence-electron chi connectivity index (χ3n) is 5.99. The number of likely N-dealkylation sites (N-methyl/N-ethyl adjacent to an activating group) is 1. The van der Waals surface area contributed by atoms with E-state index in [9.17, 15) is 27.1 Å². The lowest BCUT2D eigenvalue weighted by atomic mass is 9.95. The summed E-state index contributed by atoms with van der Waals surface area (Å²) in [5, 5.41) is 22.5. The highest BCUT2D eigenvalue weighted by Crippen LogP contribution is 2.20. The van der Waals surface area contributed by atoms with Gasteiger partial charge in [0.05, 0.1) is 11.0 Å². The lowest BCUT2D eigenvalue weighted by molar-refractivity contribution is -0.137. The number of carboxylic acid groups (broad SMARTS) is 1. The monoisotopic (exact) mass is 526 g/mol. The van der Waals surface area contributed by atoms with E-state index in [1.807, 2.05) is 13.8 Å². The van der Waals surface area contributed by atoms with Gasteiger partial charge >= 0.3 is 5.97 Å². The van der Waals surface area contributed by atoms with E-state index in [0.717, 1.165) is 23.2 Å². The smallest absolute Gasteiger partial charge is 0.303 e. The highest BCUT2D eigenvalue weighted by Gasteiger charge is 2.25. The van der Waals surface area contributed by atoms with Gasteiger partial charge in [0.25, 0.3) is 0 Å². The van der Waals surface area contributed by atoms with Crippen LogP contribution in [-0.2, 0) is 27.7 Å². The molecule has 7 nitrogen and oxygen atoms in total. The first-order chi connectivity index (χ1) is 16.8. The Labute approximate surface area is 212 Å². The largest absolute Gasteiger partial charge is 0.481 e. The highest BCUT2D eigenvalue weighted by molar-refractivity contribution is 7.89. The molecule has 0 saturated carbocycles. The summed E-state index contributed by atoms with van der Waals surface area (Å²) >= 11 is 0. The Balaban J connectivity index is 1.89. The lowest BCUT2D eigenvalue weighted by Crippen LogP contribution is -2.46. The molecular weight excluding hydrogens is 490 g/mol. The molecular formula is C26H36F2N2O5S. The van der Waals surface area contributed by atoms with Gasteiger partial charge in [0.15, 0.2) is 0 Å². The Kier molecular flexibility index (Phi) is 11.0. The van der Waals surface area contributed by atoms with Gasteiger partial charge in [0.2, 0.25) is 10.0 Å². The Morgan fingerprint density at radius 2 is 1.81 bits per heavy atom. The van der Waals surface area contributed by atoms with Crippen LogP contribution >= 0.6 is 0 Å². The minimum absolute atomic E-state index is 0.100. The van der Waals surface area contributed by atoms with Gasteiger partial charge in [-0.15, -0.1) is 0 Å². The average Bonchev–Trinajstić information content (AvgIpc) is 2.78. The first-order valence-electron chi connectivity index (χ1n) is 11.9. The highest BCUT2D eigenvalue weighted by atomic mass is 32.2. The van der Waals surface area contributed by atoms with Gasteiger partial charge in [-0.1, -0.05) is 18.2 Å². The number of aliphatic carboxylic acids is 1. The van der Waals surface area contributed by atoms with Gasteiger partial charge in [-0.2, -0.15) is 4.31 Å². The minimum Gasteiger partial charge on any atom is -0.481 e. The number of carboxylic acids is 1. The molecule has 0 aliphatic heterocycles. The van der Waals surface area contributed by atoms with E-state index in [0.29, 0.717) is 17.5 Å². The number of aliphatic hydroxyl groups excluding tert-OH is 1. The van der Waals surface area contributed by atoms with Crippen LogP contribution in [0.25, 0.3) is 0 Å². The van der Waals surface area contributed by atoms with Crippen molar-refractivity contribution in [3.05, 3.63) is 65.2 Å². The number of aryl methyl sites for hydroxylation is 2. The van der Waals surface area contributed by atoms with Crippen molar-refractivity contribution in [2.75, 3.05) is 20.1 Å². The number of benzene rings is 2. The maximum absolute atomic E-state index is 14.1. The quantitative estimate of drug-likeness (QED) is 0.326. The van der Waals surface area contributed by atoms with Gasteiger partial charge in [0, 0.05) is 32.1 Å². The van der Waals surface area contributed by atoms with Crippen LogP contribution < -0.4 is 5.32 Å². The van der Waals surface area contributed by atoms with Crippen LogP contribution in [-0.4, -0.2) is 60.7 Å². The van der Waals surface area contributed by atoms with Crippen molar-refractivity contribution in [2.45, 2.75) is 68.9 Å². The molecule has 0 saturated heterocycles. The van der Waals surface area contributed by atoms with Crippen LogP contribution in [0.2, 0.25) is 0 Å². The van der Waals surface area contributed by atoms with Crippen molar-refractivity contribution in [3.8, 4) is 0 Å². The summed E-state index contributed by atoms with van der Waals surface area (Å²) in [5.41, 5.74) is 0.682. The zero-order valence-electron chi connectivity index (χ0n) is 21.0. The number of hydrogen-bond acceptors (Lipinski definition) is 5. The van der Waals surface area contributed by atoms with Crippen LogP contribution in [0.15, 0.2) is 47.4 Å². The number of aliphatic hydroxyl groups is 1. The lowest BCUT2D eigenvalue weighted by Gasteiger charge is -2.29. The number of halogens is 2. The van der Waals surface area contributed by atoms with Crippen molar-refractivity contribution in [2.24, 2.45) is 0 Å². The molecule has 2 aromatic carbocycles. The van der Waals surface area contributed by atoms with E-state index in [2.05, 4.69) is 5.32 Å². The molecule has 2 aromatic rings. The second kappa shape index (κ2) is 13.2. The molecule has 0 amide bonds. The predicted molar refractivity (Wildman–Crippen MR) is 134 cm³/mol. The van der Waals surface area contributed by atoms with Crippen LogP contribution in [0, 0.1) is 11.6 Å². The second-order valence-electron chi connectivity index (χ2n) is 9.69. The van der Waals surface area contributed by atoms with Gasteiger partial charge in [-0.05, 0) is 81.3 Å². The van der Waals surface area contributed by atoms with E-state index in [1.54, 1.807) is 18.2 Å². The Bertz CT molecular complexity index is 1130. The average molecular weight is 527 g/mol. The van der Waals surface area contributed by atoms with E-state index in [-0.39, 0.29) is 48.6 Å². The first kappa shape index (κ1) is 29.8. The Hall–Kier alpha value is -2.40. The van der Waals surface area contributed by atoms with Crippen molar-refractivity contribution in [3.63, 3.8) is 0 Å². The number of nitrogens with zero attached hydrogens (tertiary/aromatic N) is 1. The summed E-state index contributed by atoms with van der Waals surface area (Å²) in [5.74, 6) is -1.93. The molecule has 36 heavy (non-hydrogen) atoms. The standard InChI is InChI=1S/C26H36F2N2O5S/c1-26(2,13-7-10-20-9-4-5-11-24(20)28)29-17-22(31)18-30(3)36(34,35)23-15-19(14-21(27)16-23)8-6-12-25(32)33/h4-5,9,11,14-16,22,29,31H,6-8,10,12-13,17-18H2,1-3H3,(H,32,33)/t22-/m1/s1.